The zero-order chi connectivity index (χ0) is 24.7. The van der Waals surface area contributed by atoms with Gasteiger partial charge in [0.25, 0.3) is 0 Å². The predicted molar refractivity (Wildman–Crippen MR) is 142 cm³/mol. The molecule has 8 nitrogen and oxygen atoms in total. The van der Waals surface area contributed by atoms with Gasteiger partial charge in [0, 0.05) is 5.69 Å². The molecule has 0 aliphatic carbocycles. The second kappa shape index (κ2) is 11.1. The largest absolute Gasteiger partial charge is 0.348 e. The molecule has 0 fully saturated rings. The Balaban J connectivity index is 1.26. The van der Waals surface area contributed by atoms with Gasteiger partial charge in [0.05, 0.1) is 28.9 Å². The lowest BCUT2D eigenvalue weighted by atomic mass is 10.1. The Bertz CT molecular complexity index is 1450. The van der Waals surface area contributed by atoms with Crippen molar-refractivity contribution >= 4 is 50.3 Å². The molecule has 3 aromatic carbocycles. The Hall–Kier alpha value is -4.02. The molecule has 0 aliphatic rings. The van der Waals surface area contributed by atoms with Crippen LogP contribution in [0.4, 0.5) is 5.13 Å². The number of benzene rings is 3. The number of thioether (sulfide) groups is 1. The quantitative estimate of drug-likeness (QED) is 0.282. The van der Waals surface area contributed by atoms with E-state index in [1.807, 2.05) is 89.5 Å². The first-order chi connectivity index (χ1) is 17.7. The van der Waals surface area contributed by atoms with Crippen LogP contribution in [0, 0.1) is 0 Å². The van der Waals surface area contributed by atoms with Gasteiger partial charge in [-0.25, -0.2) is 4.98 Å². The lowest BCUT2D eigenvalue weighted by molar-refractivity contribution is -0.120. The minimum absolute atomic E-state index is 0.103. The number of fused-ring (bicyclic) bond motifs is 1. The topological polar surface area (TPSA) is 102 Å². The Kier molecular flexibility index (Phi) is 7.34. The van der Waals surface area contributed by atoms with Crippen molar-refractivity contribution in [3.63, 3.8) is 0 Å². The Morgan fingerprint density at radius 1 is 0.861 bits per heavy atom. The van der Waals surface area contributed by atoms with Crippen molar-refractivity contribution in [2.45, 2.75) is 18.1 Å². The summed E-state index contributed by atoms with van der Waals surface area (Å²) in [4.78, 5) is 29.5. The van der Waals surface area contributed by atoms with E-state index in [-0.39, 0.29) is 30.5 Å². The molecule has 0 saturated heterocycles. The zero-order valence-corrected chi connectivity index (χ0v) is 20.8. The molecule has 0 bridgehead atoms. The van der Waals surface area contributed by atoms with E-state index in [0.717, 1.165) is 21.5 Å². The zero-order valence-electron chi connectivity index (χ0n) is 19.1. The van der Waals surface area contributed by atoms with Gasteiger partial charge < -0.3 is 10.6 Å². The minimum Gasteiger partial charge on any atom is -0.348 e. The summed E-state index contributed by atoms with van der Waals surface area (Å²) in [5, 5.41) is 15.5. The number of thiazole rings is 1. The van der Waals surface area contributed by atoms with E-state index in [0.29, 0.717) is 16.1 Å². The smallest absolute Gasteiger partial charge is 0.236 e. The van der Waals surface area contributed by atoms with Crippen LogP contribution in [0.3, 0.4) is 0 Å². The number of aromatic nitrogens is 4. The number of hydrogen-bond donors (Lipinski definition) is 2. The van der Waals surface area contributed by atoms with Crippen molar-refractivity contribution in [3.8, 4) is 5.69 Å². The fraction of sp³-hybridized carbons (Fsp3) is 0.115. The molecule has 2 amide bonds. The Morgan fingerprint density at radius 3 is 2.36 bits per heavy atom. The van der Waals surface area contributed by atoms with E-state index in [1.165, 1.54) is 23.1 Å². The van der Waals surface area contributed by atoms with E-state index in [9.17, 15) is 9.59 Å². The molecule has 0 unspecified atom stereocenters. The first-order valence-corrected chi connectivity index (χ1v) is 13.0. The number of anilines is 1. The predicted octanol–water partition coefficient (Wildman–Crippen LogP) is 4.47. The van der Waals surface area contributed by atoms with Crippen LogP contribution in [-0.4, -0.2) is 37.3 Å². The van der Waals surface area contributed by atoms with E-state index in [2.05, 4.69) is 25.8 Å². The third kappa shape index (κ3) is 5.78. The second-order valence-corrected chi connectivity index (χ2v) is 9.81. The van der Waals surface area contributed by atoms with Gasteiger partial charge in [-0.15, -0.1) is 10.2 Å². The molecule has 0 spiro atoms. The van der Waals surface area contributed by atoms with Crippen molar-refractivity contribution in [1.82, 2.24) is 25.1 Å². The fourth-order valence-corrected chi connectivity index (χ4v) is 5.23. The van der Waals surface area contributed by atoms with Crippen LogP contribution in [0.2, 0.25) is 0 Å². The first-order valence-electron chi connectivity index (χ1n) is 11.2. The number of nitrogens with one attached hydrogen (secondary N) is 2. The van der Waals surface area contributed by atoms with Crippen LogP contribution in [0.1, 0.15) is 11.4 Å². The van der Waals surface area contributed by atoms with Crippen LogP contribution in [0.15, 0.2) is 90.1 Å². The SMILES string of the molecule is O=C(Cc1ccccc1)NCc1nnc(SCC(=O)Nc2nc3ccccc3s2)n1-c1ccccc1. The Labute approximate surface area is 215 Å². The maximum absolute atomic E-state index is 12.6. The maximum atomic E-state index is 12.6. The molecule has 180 valence electrons. The fourth-order valence-electron chi connectivity index (χ4n) is 3.58. The number of carbonyl (C=O) groups is 2. The molecule has 2 N–H and O–H groups in total. The van der Waals surface area contributed by atoms with E-state index in [1.54, 1.807) is 0 Å². The molecule has 0 radical (unpaired) electrons. The normalized spacial score (nSPS) is 10.9. The molecule has 0 saturated carbocycles. The van der Waals surface area contributed by atoms with Crippen LogP contribution in [0.5, 0.6) is 0 Å². The number of amides is 2. The van der Waals surface area contributed by atoms with Crippen molar-refractivity contribution in [2.24, 2.45) is 0 Å². The number of carbonyl (C=O) groups excluding carboxylic acids is 2. The summed E-state index contributed by atoms with van der Waals surface area (Å²) >= 11 is 2.71. The van der Waals surface area contributed by atoms with E-state index in [4.69, 9.17) is 0 Å². The highest BCUT2D eigenvalue weighted by Crippen LogP contribution is 2.26. The van der Waals surface area contributed by atoms with Crippen LogP contribution >= 0.6 is 23.1 Å². The van der Waals surface area contributed by atoms with Gasteiger partial charge in [-0.2, -0.15) is 0 Å². The monoisotopic (exact) mass is 514 g/mol. The molecular formula is C26H22N6O2S2. The highest BCUT2D eigenvalue weighted by Gasteiger charge is 2.17. The lowest BCUT2D eigenvalue weighted by Gasteiger charge is -2.11. The van der Waals surface area contributed by atoms with Crippen LogP contribution in [0.25, 0.3) is 15.9 Å². The van der Waals surface area contributed by atoms with Crippen LogP contribution in [-0.2, 0) is 22.6 Å². The number of nitrogens with zero attached hydrogens (tertiary/aromatic N) is 4. The van der Waals surface area contributed by atoms with Crippen molar-refractivity contribution < 1.29 is 9.59 Å². The molecule has 0 aliphatic heterocycles. The third-order valence-corrected chi connectivity index (χ3v) is 7.12. The van der Waals surface area contributed by atoms with Gasteiger partial charge in [0.15, 0.2) is 16.1 Å². The summed E-state index contributed by atoms with van der Waals surface area (Å²) in [5.41, 5.74) is 2.65. The van der Waals surface area contributed by atoms with E-state index < -0.39 is 0 Å². The molecular weight excluding hydrogens is 492 g/mol. The van der Waals surface area contributed by atoms with Crippen molar-refractivity contribution in [2.75, 3.05) is 11.1 Å². The number of hydrogen-bond acceptors (Lipinski definition) is 7. The Morgan fingerprint density at radius 2 is 1.58 bits per heavy atom. The average Bonchev–Trinajstić information content (AvgIpc) is 3.50. The summed E-state index contributed by atoms with van der Waals surface area (Å²) < 4.78 is 2.88. The van der Waals surface area contributed by atoms with Gasteiger partial charge in [0.2, 0.25) is 11.8 Å². The molecule has 10 heteroatoms. The maximum Gasteiger partial charge on any atom is 0.236 e. The highest BCUT2D eigenvalue weighted by molar-refractivity contribution is 7.99. The highest BCUT2D eigenvalue weighted by atomic mass is 32.2. The molecule has 2 heterocycles. The summed E-state index contributed by atoms with van der Waals surface area (Å²) in [5.74, 6) is 0.436. The summed E-state index contributed by atoms with van der Waals surface area (Å²) in [7, 11) is 0. The summed E-state index contributed by atoms with van der Waals surface area (Å²) in [6.45, 7) is 0.214. The van der Waals surface area contributed by atoms with Gasteiger partial charge in [-0.1, -0.05) is 83.8 Å². The summed E-state index contributed by atoms with van der Waals surface area (Å²) in [6, 6.07) is 26.9. The van der Waals surface area contributed by atoms with Crippen molar-refractivity contribution in [1.29, 1.82) is 0 Å². The van der Waals surface area contributed by atoms with Gasteiger partial charge in [0.1, 0.15) is 0 Å². The molecule has 36 heavy (non-hydrogen) atoms. The first kappa shape index (κ1) is 23.7. The lowest BCUT2D eigenvalue weighted by Crippen LogP contribution is -2.26. The number of rotatable bonds is 9. The standard InChI is InChI=1S/C26H22N6O2S2/c33-23(15-18-9-3-1-4-10-18)27-16-22-30-31-26(32(22)19-11-5-2-6-12-19)35-17-24(34)29-25-28-20-13-7-8-14-21(20)36-25/h1-14H,15-17H2,(H,27,33)(H,28,29,34). The minimum atomic E-state index is -0.181. The second-order valence-electron chi connectivity index (χ2n) is 7.83. The van der Waals surface area contributed by atoms with Gasteiger partial charge >= 0.3 is 0 Å². The molecule has 2 aromatic heterocycles. The average molecular weight is 515 g/mol. The van der Waals surface area contributed by atoms with Gasteiger partial charge in [-0.3, -0.25) is 14.2 Å². The van der Waals surface area contributed by atoms with Crippen LogP contribution < -0.4 is 10.6 Å². The van der Waals surface area contributed by atoms with Gasteiger partial charge in [-0.05, 0) is 29.8 Å². The summed E-state index contributed by atoms with van der Waals surface area (Å²) in [6.07, 6.45) is 0.286. The molecule has 5 rings (SSSR count). The number of para-hydroxylation sites is 2. The molecule has 0 atom stereocenters. The van der Waals surface area contributed by atoms with E-state index >= 15 is 0 Å². The molecule has 5 aromatic rings. The van der Waals surface area contributed by atoms with Crippen molar-refractivity contribution in [3.05, 3.63) is 96.3 Å². The third-order valence-electron chi connectivity index (χ3n) is 5.24.